The molecular weight excluding hydrogens is 498 g/mol. The molecular formula is C30H37N3O6. The molecule has 2 bridgehead atoms. The third-order valence-electron chi connectivity index (χ3n) is 8.56. The maximum Gasteiger partial charge on any atom is 0.246 e. The molecule has 3 heterocycles. The van der Waals surface area contributed by atoms with E-state index < -0.39 is 35.1 Å². The van der Waals surface area contributed by atoms with Crippen molar-refractivity contribution >= 4 is 23.4 Å². The normalized spacial score (nSPS) is 29.7. The summed E-state index contributed by atoms with van der Waals surface area (Å²) in [6, 6.07) is 15.1. The summed E-state index contributed by atoms with van der Waals surface area (Å²) in [6.45, 7) is 6.19. The van der Waals surface area contributed by atoms with E-state index in [2.05, 4.69) is 10.6 Å². The first-order chi connectivity index (χ1) is 18.8. The van der Waals surface area contributed by atoms with Gasteiger partial charge in [0.1, 0.15) is 17.4 Å². The summed E-state index contributed by atoms with van der Waals surface area (Å²) >= 11 is 0. The summed E-state index contributed by atoms with van der Waals surface area (Å²) in [7, 11) is 0. The van der Waals surface area contributed by atoms with Gasteiger partial charge in [-0.05, 0) is 62.9 Å². The van der Waals surface area contributed by atoms with Gasteiger partial charge in [-0.1, -0.05) is 37.3 Å². The second kappa shape index (κ2) is 10.6. The number of benzene rings is 2. The molecule has 2 aromatic rings. The van der Waals surface area contributed by atoms with Crippen LogP contribution in [0.2, 0.25) is 0 Å². The van der Waals surface area contributed by atoms with Gasteiger partial charge in [0.2, 0.25) is 17.7 Å². The van der Waals surface area contributed by atoms with E-state index >= 15 is 0 Å². The molecule has 0 aromatic heterocycles. The average Bonchev–Trinajstić information content (AvgIpc) is 3.51. The van der Waals surface area contributed by atoms with Crippen LogP contribution in [0.15, 0.2) is 54.6 Å². The Labute approximate surface area is 228 Å². The molecule has 0 aliphatic carbocycles. The number of hydrogen-bond acceptors (Lipinski definition) is 6. The molecule has 9 nitrogen and oxygen atoms in total. The quantitative estimate of drug-likeness (QED) is 0.431. The van der Waals surface area contributed by atoms with Crippen LogP contribution in [-0.4, -0.2) is 64.2 Å². The van der Waals surface area contributed by atoms with E-state index in [0.29, 0.717) is 43.9 Å². The molecule has 3 fully saturated rings. The highest BCUT2D eigenvalue weighted by molar-refractivity contribution is 6.02. The molecule has 2 aromatic carbocycles. The minimum atomic E-state index is -1.14. The van der Waals surface area contributed by atoms with Crippen molar-refractivity contribution in [2.24, 2.45) is 11.8 Å². The number of carbonyl (C=O) groups is 3. The van der Waals surface area contributed by atoms with Crippen LogP contribution in [0.1, 0.15) is 45.6 Å². The van der Waals surface area contributed by atoms with Gasteiger partial charge in [0.05, 0.1) is 36.7 Å². The van der Waals surface area contributed by atoms with Crippen LogP contribution < -0.4 is 15.4 Å². The molecule has 5 rings (SSSR count). The molecule has 3 aliphatic heterocycles. The van der Waals surface area contributed by atoms with Gasteiger partial charge in [0.15, 0.2) is 0 Å². The number of fused-ring (bicyclic) bond motifs is 1. The number of rotatable bonds is 10. The number of aliphatic hydroxyl groups is 1. The van der Waals surface area contributed by atoms with E-state index in [9.17, 15) is 19.5 Å². The molecule has 208 valence electrons. The van der Waals surface area contributed by atoms with E-state index in [-0.39, 0.29) is 24.3 Å². The predicted molar refractivity (Wildman–Crippen MR) is 145 cm³/mol. The standard InChI is InChI=1S/C30H37N3O6/c1-4-21(18-34)33-25(27(36)31-17-19-9-7-6-8-10-19)30-16-15-29(3,39-30)23(24(30)28(33)37)26(35)32-20-11-13-22(14-12-20)38-5-2/h6-14,21,23-25,34H,4-5,15-18H2,1-3H3,(H,31,36)(H,32,35)/t21-,23-,24-,25?,29+,30?/m0/s1. The lowest BCUT2D eigenvalue weighted by Crippen LogP contribution is -2.57. The van der Waals surface area contributed by atoms with Crippen molar-refractivity contribution in [1.29, 1.82) is 0 Å². The van der Waals surface area contributed by atoms with Gasteiger partial charge in [-0.3, -0.25) is 14.4 Å². The van der Waals surface area contributed by atoms with Crippen LogP contribution in [0.5, 0.6) is 5.75 Å². The lowest BCUT2D eigenvalue weighted by molar-refractivity contribution is -0.149. The SMILES string of the molecule is CCOc1ccc(NC(=O)[C@@H]2[C@H]3C(=O)N([C@@H](CC)CO)C(C(=O)NCc4ccccc4)C34CC[C@@]2(C)O4)cc1. The number of nitrogens with zero attached hydrogens (tertiary/aromatic N) is 1. The van der Waals surface area contributed by atoms with Gasteiger partial charge in [0.25, 0.3) is 0 Å². The van der Waals surface area contributed by atoms with Crippen molar-refractivity contribution in [2.45, 2.75) is 69.9 Å². The van der Waals surface area contributed by atoms with Crippen molar-refractivity contribution in [3.63, 3.8) is 0 Å². The third-order valence-corrected chi connectivity index (χ3v) is 8.56. The van der Waals surface area contributed by atoms with Crippen molar-refractivity contribution in [1.82, 2.24) is 10.2 Å². The Balaban J connectivity index is 1.45. The molecule has 2 unspecified atom stereocenters. The van der Waals surface area contributed by atoms with Crippen molar-refractivity contribution in [3.05, 3.63) is 60.2 Å². The van der Waals surface area contributed by atoms with Crippen LogP contribution in [0, 0.1) is 11.8 Å². The fraction of sp³-hybridized carbons (Fsp3) is 0.500. The number of ether oxygens (including phenoxy) is 2. The van der Waals surface area contributed by atoms with E-state index in [1.54, 1.807) is 24.3 Å². The van der Waals surface area contributed by atoms with Crippen LogP contribution in [0.4, 0.5) is 5.69 Å². The molecule has 39 heavy (non-hydrogen) atoms. The summed E-state index contributed by atoms with van der Waals surface area (Å²) in [6.07, 6.45) is 1.49. The first-order valence-electron chi connectivity index (χ1n) is 13.8. The molecule has 3 aliphatic rings. The number of nitrogens with one attached hydrogen (secondary N) is 2. The van der Waals surface area contributed by atoms with Gasteiger partial charge in [-0.2, -0.15) is 0 Å². The largest absolute Gasteiger partial charge is 0.494 e. The molecule has 3 amide bonds. The van der Waals surface area contributed by atoms with Crippen LogP contribution in [-0.2, 0) is 25.7 Å². The predicted octanol–water partition coefficient (Wildman–Crippen LogP) is 2.88. The second-order valence-corrected chi connectivity index (χ2v) is 10.9. The fourth-order valence-electron chi connectivity index (χ4n) is 6.77. The minimum Gasteiger partial charge on any atom is -0.494 e. The molecule has 1 spiro atoms. The van der Waals surface area contributed by atoms with E-state index in [1.165, 1.54) is 4.90 Å². The molecule has 3 saturated heterocycles. The molecule has 0 saturated carbocycles. The van der Waals surface area contributed by atoms with Gasteiger partial charge in [0, 0.05) is 12.2 Å². The molecule has 6 atom stereocenters. The highest BCUT2D eigenvalue weighted by Gasteiger charge is 2.78. The van der Waals surface area contributed by atoms with Gasteiger partial charge in [-0.25, -0.2) is 0 Å². The Kier molecular flexibility index (Phi) is 7.39. The lowest BCUT2D eigenvalue weighted by Gasteiger charge is -2.36. The second-order valence-electron chi connectivity index (χ2n) is 10.9. The first-order valence-corrected chi connectivity index (χ1v) is 13.8. The maximum atomic E-state index is 14.1. The monoisotopic (exact) mass is 535 g/mol. The van der Waals surface area contributed by atoms with Crippen molar-refractivity contribution in [3.8, 4) is 5.75 Å². The smallest absolute Gasteiger partial charge is 0.246 e. The van der Waals surface area contributed by atoms with Crippen LogP contribution >= 0.6 is 0 Å². The number of aliphatic hydroxyl groups excluding tert-OH is 1. The zero-order chi connectivity index (χ0) is 27.8. The summed E-state index contributed by atoms with van der Waals surface area (Å²) in [5, 5.41) is 16.1. The van der Waals surface area contributed by atoms with E-state index in [1.807, 2.05) is 51.1 Å². The fourth-order valence-corrected chi connectivity index (χ4v) is 6.77. The average molecular weight is 536 g/mol. The molecule has 9 heteroatoms. The Morgan fingerprint density at radius 3 is 2.46 bits per heavy atom. The Morgan fingerprint density at radius 2 is 1.82 bits per heavy atom. The van der Waals surface area contributed by atoms with Gasteiger partial charge in [-0.15, -0.1) is 0 Å². The van der Waals surface area contributed by atoms with Crippen molar-refractivity contribution in [2.75, 3.05) is 18.5 Å². The molecule has 3 N–H and O–H groups in total. The minimum absolute atomic E-state index is 0.284. The van der Waals surface area contributed by atoms with Crippen molar-refractivity contribution < 1.29 is 29.0 Å². The van der Waals surface area contributed by atoms with E-state index in [0.717, 1.165) is 5.56 Å². The zero-order valence-corrected chi connectivity index (χ0v) is 22.7. The first kappa shape index (κ1) is 27.1. The Bertz CT molecular complexity index is 1220. The summed E-state index contributed by atoms with van der Waals surface area (Å²) < 4.78 is 12.1. The lowest BCUT2D eigenvalue weighted by atomic mass is 9.66. The zero-order valence-electron chi connectivity index (χ0n) is 22.7. The number of anilines is 1. The topological polar surface area (TPSA) is 117 Å². The van der Waals surface area contributed by atoms with Gasteiger partial charge >= 0.3 is 0 Å². The van der Waals surface area contributed by atoms with Crippen LogP contribution in [0.25, 0.3) is 0 Å². The van der Waals surface area contributed by atoms with Gasteiger partial charge < -0.3 is 30.1 Å². The highest BCUT2D eigenvalue weighted by Crippen LogP contribution is 2.63. The Morgan fingerprint density at radius 1 is 1.10 bits per heavy atom. The number of carbonyl (C=O) groups excluding carboxylic acids is 3. The summed E-state index contributed by atoms with van der Waals surface area (Å²) in [5.74, 6) is -1.87. The summed E-state index contributed by atoms with van der Waals surface area (Å²) in [4.78, 5) is 43.2. The molecule has 0 radical (unpaired) electrons. The number of likely N-dealkylation sites (tertiary alicyclic amines) is 1. The van der Waals surface area contributed by atoms with E-state index in [4.69, 9.17) is 9.47 Å². The maximum absolute atomic E-state index is 14.1. The third kappa shape index (κ3) is 4.57. The Hall–Kier alpha value is -3.43. The van der Waals surface area contributed by atoms with Crippen LogP contribution in [0.3, 0.4) is 0 Å². The highest BCUT2D eigenvalue weighted by atomic mass is 16.5. The summed E-state index contributed by atoms with van der Waals surface area (Å²) in [5.41, 5.74) is -0.511. The number of hydrogen-bond donors (Lipinski definition) is 3. The number of amides is 3.